The summed E-state index contributed by atoms with van der Waals surface area (Å²) in [6.07, 6.45) is 0. The normalized spacial score (nSPS) is 12.8. The van der Waals surface area contributed by atoms with Crippen LogP contribution >= 0.6 is 43.2 Å². The Balaban J connectivity index is 1.71. The van der Waals surface area contributed by atoms with Crippen LogP contribution in [0.3, 0.4) is 0 Å². The molecule has 33 heavy (non-hydrogen) atoms. The summed E-state index contributed by atoms with van der Waals surface area (Å²) in [4.78, 5) is 36.9. The highest BCUT2D eigenvalue weighted by molar-refractivity contribution is 9.10. The molecule has 156 valence electrons. The summed E-state index contributed by atoms with van der Waals surface area (Å²) in [6.45, 7) is 0. The highest BCUT2D eigenvalue weighted by Gasteiger charge is 2.24. The highest BCUT2D eigenvalue weighted by Crippen LogP contribution is 2.42. The van der Waals surface area contributed by atoms with E-state index < -0.39 is 0 Å². The van der Waals surface area contributed by atoms with E-state index in [0.29, 0.717) is 21.4 Å². The summed E-state index contributed by atoms with van der Waals surface area (Å²) in [5, 5.41) is 3.04. The topological polar surface area (TPSA) is 68.7 Å². The lowest BCUT2D eigenvalue weighted by Crippen LogP contribution is -2.13. The molecule has 0 fully saturated rings. The first-order valence-corrected chi connectivity index (χ1v) is 12.5. The van der Waals surface area contributed by atoms with Crippen molar-refractivity contribution in [1.82, 2.24) is 18.8 Å². The molecule has 8 rings (SSSR count). The molecule has 0 spiro atoms. The Labute approximate surface area is 203 Å². The van der Waals surface area contributed by atoms with Crippen LogP contribution < -0.4 is 11.1 Å². The van der Waals surface area contributed by atoms with Crippen LogP contribution in [0.4, 0.5) is 0 Å². The largest absolute Gasteiger partial charge is 0.274 e. The predicted octanol–water partition coefficient (Wildman–Crippen LogP) is 5.93. The Morgan fingerprint density at radius 1 is 0.667 bits per heavy atom. The molecule has 5 aromatic heterocycles. The van der Waals surface area contributed by atoms with Crippen molar-refractivity contribution in [2.24, 2.45) is 0 Å². The molecule has 0 unspecified atom stereocenters. The summed E-state index contributed by atoms with van der Waals surface area (Å²) < 4.78 is 6.54. The van der Waals surface area contributed by atoms with Gasteiger partial charge in [0.15, 0.2) is 5.65 Å². The number of rotatable bonds is 0. The van der Waals surface area contributed by atoms with Gasteiger partial charge in [0.2, 0.25) is 0 Å². The fourth-order valence-electron chi connectivity index (χ4n) is 5.01. The van der Waals surface area contributed by atoms with Gasteiger partial charge in [-0.2, -0.15) is 0 Å². The number of thiophene rings is 1. The van der Waals surface area contributed by atoms with Gasteiger partial charge in [0.25, 0.3) is 11.1 Å². The van der Waals surface area contributed by atoms with Gasteiger partial charge < -0.3 is 0 Å². The van der Waals surface area contributed by atoms with Crippen molar-refractivity contribution in [2.75, 3.05) is 0 Å². The lowest BCUT2D eigenvalue weighted by atomic mass is 10.0. The maximum Gasteiger partial charge on any atom is 0.274 e. The van der Waals surface area contributed by atoms with Gasteiger partial charge in [-0.15, -0.1) is 11.3 Å². The summed E-state index contributed by atoms with van der Waals surface area (Å²) in [5.74, 6) is 0. The van der Waals surface area contributed by atoms with E-state index in [4.69, 9.17) is 9.97 Å². The third kappa shape index (κ3) is 2.09. The molecule has 9 heteroatoms. The molecule has 0 saturated carbocycles. The Kier molecular flexibility index (Phi) is 3.25. The maximum absolute atomic E-state index is 13.8. The minimum Gasteiger partial charge on any atom is -0.268 e. The van der Waals surface area contributed by atoms with Gasteiger partial charge in [-0.25, -0.2) is 9.97 Å². The number of aromatic nitrogens is 4. The van der Waals surface area contributed by atoms with E-state index in [2.05, 4.69) is 31.9 Å². The van der Waals surface area contributed by atoms with Crippen LogP contribution in [0, 0.1) is 0 Å². The predicted molar refractivity (Wildman–Crippen MR) is 140 cm³/mol. The molecule has 0 aliphatic rings. The van der Waals surface area contributed by atoms with Gasteiger partial charge in [-0.1, -0.05) is 31.9 Å². The van der Waals surface area contributed by atoms with Crippen molar-refractivity contribution >= 4 is 108 Å². The third-order valence-electron chi connectivity index (χ3n) is 6.37. The van der Waals surface area contributed by atoms with Gasteiger partial charge in [0, 0.05) is 30.5 Å². The quantitative estimate of drug-likeness (QED) is 0.210. The highest BCUT2D eigenvalue weighted by atomic mass is 79.9. The van der Waals surface area contributed by atoms with Crippen LogP contribution in [0.2, 0.25) is 0 Å². The summed E-state index contributed by atoms with van der Waals surface area (Å²) in [7, 11) is 0. The molecule has 8 aromatic rings. The summed E-state index contributed by atoms with van der Waals surface area (Å²) in [6, 6.07) is 15.2. The first-order valence-electron chi connectivity index (χ1n) is 10.1. The van der Waals surface area contributed by atoms with E-state index in [1.807, 2.05) is 48.5 Å². The minimum absolute atomic E-state index is 0.128. The van der Waals surface area contributed by atoms with E-state index in [1.165, 1.54) is 11.3 Å². The molecular formula is C24H8Br2N4O2S. The number of fused-ring (bicyclic) bond motifs is 8. The van der Waals surface area contributed by atoms with Crippen molar-refractivity contribution in [2.45, 2.75) is 0 Å². The van der Waals surface area contributed by atoms with Gasteiger partial charge >= 0.3 is 0 Å². The van der Waals surface area contributed by atoms with E-state index in [-0.39, 0.29) is 11.1 Å². The lowest BCUT2D eigenvalue weighted by Gasteiger charge is -2.05. The zero-order valence-corrected chi connectivity index (χ0v) is 20.4. The Morgan fingerprint density at radius 3 is 1.94 bits per heavy atom. The minimum atomic E-state index is -0.135. The molecule has 0 N–H and O–H groups in total. The van der Waals surface area contributed by atoms with E-state index in [1.54, 1.807) is 8.80 Å². The lowest BCUT2D eigenvalue weighted by molar-refractivity contribution is 1.19. The number of imidazole rings is 2. The van der Waals surface area contributed by atoms with E-state index in [9.17, 15) is 9.59 Å². The van der Waals surface area contributed by atoms with Crippen molar-refractivity contribution < 1.29 is 0 Å². The molecule has 0 aliphatic heterocycles. The molecule has 5 heterocycles. The second-order valence-corrected chi connectivity index (χ2v) is 10.9. The zero-order chi connectivity index (χ0) is 22.2. The number of benzene rings is 3. The summed E-state index contributed by atoms with van der Waals surface area (Å²) >= 11 is 8.40. The maximum atomic E-state index is 13.8. The van der Waals surface area contributed by atoms with Crippen LogP contribution in [-0.2, 0) is 0 Å². The van der Waals surface area contributed by atoms with Crippen molar-refractivity contribution in [1.29, 1.82) is 0 Å². The number of hydrogen-bond acceptors (Lipinski definition) is 5. The standard InChI is InChI=1S/C24H8Br2N4O2S/c25-9-1-5-13-15(7-9)29-21(27-13)11-3-4-12-18-17(11)20(24(29)32)33-19(18)22-28-14-6-2-10(26)8-16(14)30(22)23(12)31/h1-8H. The molecule has 0 atom stereocenters. The number of halogens is 2. The van der Waals surface area contributed by atoms with Gasteiger partial charge in [-0.3, -0.25) is 18.4 Å². The fourth-order valence-corrected chi connectivity index (χ4v) is 6.95. The molecule has 0 bridgehead atoms. The molecular weight excluding hydrogens is 568 g/mol. The molecule has 6 nitrogen and oxygen atoms in total. The molecule has 0 radical (unpaired) electrons. The van der Waals surface area contributed by atoms with Crippen molar-refractivity contribution in [3.8, 4) is 0 Å². The van der Waals surface area contributed by atoms with E-state index in [0.717, 1.165) is 51.9 Å². The second kappa shape index (κ2) is 5.85. The Morgan fingerprint density at radius 2 is 1.24 bits per heavy atom. The zero-order valence-electron chi connectivity index (χ0n) is 16.4. The third-order valence-corrected chi connectivity index (χ3v) is 8.53. The van der Waals surface area contributed by atoms with E-state index >= 15 is 0 Å². The van der Waals surface area contributed by atoms with Crippen LogP contribution in [0.1, 0.15) is 0 Å². The monoisotopic (exact) mass is 574 g/mol. The van der Waals surface area contributed by atoms with Crippen LogP contribution in [0.25, 0.3) is 64.3 Å². The molecule has 3 aromatic carbocycles. The average molecular weight is 576 g/mol. The molecule has 0 aliphatic carbocycles. The van der Waals surface area contributed by atoms with Gasteiger partial charge in [0.05, 0.1) is 26.8 Å². The number of hydrogen-bond donors (Lipinski definition) is 0. The van der Waals surface area contributed by atoms with Crippen LogP contribution in [-0.4, -0.2) is 18.8 Å². The molecule has 0 amide bonds. The number of nitrogens with zero attached hydrogens (tertiary/aromatic N) is 4. The molecule has 0 saturated heterocycles. The SMILES string of the molecule is O=c1c2sc3c4c(ccc(c24)c2nc4ccc(Br)cc4n12)c(=O)n1c2cc(Br)ccc2nc31. The number of pyridine rings is 2. The average Bonchev–Trinajstić information content (AvgIpc) is 3.48. The Bertz CT molecular complexity index is 2260. The van der Waals surface area contributed by atoms with Crippen molar-refractivity contribution in [3.63, 3.8) is 0 Å². The smallest absolute Gasteiger partial charge is 0.268 e. The van der Waals surface area contributed by atoms with Gasteiger partial charge in [0.1, 0.15) is 10.3 Å². The Hall–Kier alpha value is -3.14. The van der Waals surface area contributed by atoms with Crippen LogP contribution in [0.5, 0.6) is 0 Å². The first-order chi connectivity index (χ1) is 16.0. The first kappa shape index (κ1) is 18.3. The fraction of sp³-hybridized carbons (Fsp3) is 0. The van der Waals surface area contributed by atoms with Crippen molar-refractivity contribution in [3.05, 3.63) is 78.2 Å². The second-order valence-electron chi connectivity index (χ2n) is 8.09. The van der Waals surface area contributed by atoms with Crippen LogP contribution in [0.15, 0.2) is 67.1 Å². The van der Waals surface area contributed by atoms with Gasteiger partial charge in [-0.05, 0) is 48.5 Å². The summed E-state index contributed by atoms with van der Waals surface area (Å²) in [5.41, 5.74) is 3.91.